The molecule has 4 aliphatic carbocycles. The molecule has 172 valence electrons. The Morgan fingerprint density at radius 3 is 2.52 bits per heavy atom. The van der Waals surface area contributed by atoms with Gasteiger partial charge in [-0.3, -0.25) is 9.59 Å². The molecule has 3 saturated carbocycles. The topological polar surface area (TPSA) is 147 Å². The summed E-state index contributed by atoms with van der Waals surface area (Å²) in [6.45, 7) is 2.17. The van der Waals surface area contributed by atoms with E-state index in [1.807, 2.05) is 0 Å². The number of phosphoric ester groups is 1. The number of phosphoric acid groups is 1. The smallest absolute Gasteiger partial charge is 0.790 e. The molecule has 0 aromatic heterocycles. The van der Waals surface area contributed by atoms with Gasteiger partial charge in [-0.15, -0.1) is 0 Å². The third-order valence-corrected chi connectivity index (χ3v) is 9.05. The number of ketones is 2. The molecule has 2 N–H and O–H groups in total. The van der Waals surface area contributed by atoms with Gasteiger partial charge in [0, 0.05) is 16.7 Å². The van der Waals surface area contributed by atoms with Crippen LogP contribution in [0.2, 0.25) is 0 Å². The van der Waals surface area contributed by atoms with Crippen LogP contribution in [0.1, 0.15) is 46.0 Å². The first kappa shape index (κ1) is 30.0. The molecule has 0 radical (unpaired) electrons. The normalized spacial score (nSPS) is 43.9. The maximum absolute atomic E-state index is 16.9. The quantitative estimate of drug-likeness (QED) is 0.286. The summed E-state index contributed by atoms with van der Waals surface area (Å²) in [7, 11) is -5.41. The van der Waals surface area contributed by atoms with E-state index in [9.17, 15) is 34.2 Å². The van der Waals surface area contributed by atoms with Gasteiger partial charge in [-0.05, 0) is 57.1 Å². The van der Waals surface area contributed by atoms with Crippen molar-refractivity contribution < 1.29 is 102 Å². The molecule has 0 spiro atoms. The minimum Gasteiger partial charge on any atom is -0.790 e. The van der Waals surface area contributed by atoms with E-state index in [4.69, 9.17) is 0 Å². The molecule has 12 heteroatoms. The zero-order valence-electron chi connectivity index (χ0n) is 19.4. The third kappa shape index (κ3) is 4.32. The number of allylic oxidation sites excluding steroid dienone is 4. The molecule has 0 saturated heterocycles. The number of aliphatic hydroxyl groups is 2. The first-order valence-electron chi connectivity index (χ1n) is 10.4. The Labute approximate surface area is 236 Å². The van der Waals surface area contributed by atoms with Gasteiger partial charge in [0.2, 0.25) is 0 Å². The van der Waals surface area contributed by atoms with Crippen molar-refractivity contribution in [3.05, 3.63) is 23.8 Å². The molecule has 4 rings (SSSR count). The number of aliphatic hydroxyl groups excluding tert-OH is 1. The summed E-state index contributed by atoms with van der Waals surface area (Å²) in [4.78, 5) is 46.1. The number of alkyl halides is 1. The van der Waals surface area contributed by atoms with Gasteiger partial charge in [0.05, 0.1) is 13.9 Å². The van der Waals surface area contributed by atoms with E-state index in [-0.39, 0.29) is 77.7 Å². The van der Waals surface area contributed by atoms with Crippen molar-refractivity contribution in [1.82, 2.24) is 0 Å². The van der Waals surface area contributed by atoms with E-state index >= 15 is 4.39 Å². The molecule has 8 nitrogen and oxygen atoms in total. The number of carbonyl (C=O) groups excluding carboxylic acids is 2. The van der Waals surface area contributed by atoms with Crippen LogP contribution >= 0.6 is 7.82 Å². The Morgan fingerprint density at radius 1 is 1.27 bits per heavy atom. The average molecular weight is 502 g/mol. The minimum atomic E-state index is -5.41. The molecule has 0 aliphatic heterocycles. The summed E-state index contributed by atoms with van der Waals surface area (Å²) in [6.07, 6.45) is 3.52. The van der Waals surface area contributed by atoms with E-state index in [1.54, 1.807) is 13.8 Å². The van der Waals surface area contributed by atoms with Crippen molar-refractivity contribution in [2.75, 3.05) is 6.61 Å². The molecule has 0 bridgehead atoms. The molecule has 7 atom stereocenters. The number of rotatable bonds is 4. The van der Waals surface area contributed by atoms with Gasteiger partial charge >= 0.3 is 59.1 Å². The van der Waals surface area contributed by atoms with Gasteiger partial charge in [-0.2, -0.15) is 0 Å². The summed E-state index contributed by atoms with van der Waals surface area (Å²) < 4.78 is 31.7. The monoisotopic (exact) mass is 502 g/mol. The zero-order chi connectivity index (χ0) is 23.0. The Balaban J connectivity index is 0.00000193. The SMILES string of the molecule is C[C@]12C=CC(=O)C=C1CCC1C3CC[C@](O)(C(=O)COP(=O)([O-])[O-])[C@@]3(C)C[C@H](O)C12F.[Na+].[Na+]. The van der Waals surface area contributed by atoms with Crippen LogP contribution in [-0.4, -0.2) is 45.8 Å². The fourth-order valence-electron chi connectivity index (χ4n) is 6.93. The zero-order valence-corrected chi connectivity index (χ0v) is 24.3. The number of hydrogen-bond donors (Lipinski definition) is 2. The molecule has 3 fully saturated rings. The first-order valence-corrected chi connectivity index (χ1v) is 11.9. The third-order valence-electron chi connectivity index (χ3n) is 8.61. The number of fused-ring (bicyclic) bond motifs is 5. The van der Waals surface area contributed by atoms with Crippen LogP contribution in [0.15, 0.2) is 23.8 Å². The van der Waals surface area contributed by atoms with Crippen LogP contribution < -0.4 is 68.9 Å². The van der Waals surface area contributed by atoms with Crippen molar-refractivity contribution in [2.45, 2.75) is 63.3 Å². The summed E-state index contributed by atoms with van der Waals surface area (Å²) in [5, 5.41) is 22.4. The predicted molar refractivity (Wildman–Crippen MR) is 102 cm³/mol. The Morgan fingerprint density at radius 2 is 1.91 bits per heavy atom. The molecule has 33 heavy (non-hydrogen) atoms. The van der Waals surface area contributed by atoms with Gasteiger partial charge in [0.1, 0.15) is 12.2 Å². The average Bonchev–Trinajstić information content (AvgIpc) is 2.93. The van der Waals surface area contributed by atoms with Crippen molar-refractivity contribution in [1.29, 1.82) is 0 Å². The standard InChI is InChI=1S/C21H28FO8P.2Na/c1-18-7-5-13(23)9-12(18)3-4-15-14-6-8-20(26,17(25)11-30-31(27,28)29)19(14,2)10-16(24)21(15,18)22;;/h5,7,9,14-16,24,26H,3-4,6,8,10-11H2,1-2H3,(H2,27,28,29);;/q;2*+1/p-2/t14?,15?,16-,18-,19-,20-,21?;;/m0../s1. The fraction of sp³-hybridized carbons (Fsp3) is 0.714. The fourth-order valence-corrected chi connectivity index (χ4v) is 7.21. The van der Waals surface area contributed by atoms with Crippen LogP contribution in [0.5, 0.6) is 0 Å². The number of Topliss-reactive ketones (excluding diaryl/α,β-unsaturated/α-hetero) is 1. The first-order chi connectivity index (χ1) is 14.2. The second kappa shape index (κ2) is 9.58. The Kier molecular flexibility index (Phi) is 8.71. The minimum absolute atomic E-state index is 0. The molecule has 0 heterocycles. The van der Waals surface area contributed by atoms with Gasteiger partial charge in [0.15, 0.2) is 17.2 Å². The van der Waals surface area contributed by atoms with Crippen molar-refractivity contribution in [3.63, 3.8) is 0 Å². The van der Waals surface area contributed by atoms with Crippen LogP contribution in [0.4, 0.5) is 4.39 Å². The van der Waals surface area contributed by atoms with Crippen LogP contribution in [0.25, 0.3) is 0 Å². The van der Waals surface area contributed by atoms with Crippen LogP contribution in [0, 0.1) is 22.7 Å². The summed E-state index contributed by atoms with van der Waals surface area (Å²) >= 11 is 0. The van der Waals surface area contributed by atoms with E-state index in [0.29, 0.717) is 24.8 Å². The van der Waals surface area contributed by atoms with Gasteiger partial charge in [0.25, 0.3) is 0 Å². The van der Waals surface area contributed by atoms with Crippen LogP contribution in [-0.2, 0) is 18.7 Å². The van der Waals surface area contributed by atoms with E-state index in [0.717, 1.165) is 0 Å². The molecule has 0 aromatic carbocycles. The second-order valence-electron chi connectivity index (χ2n) is 9.81. The van der Waals surface area contributed by atoms with Gasteiger partial charge in [-0.1, -0.05) is 18.6 Å². The second-order valence-corrected chi connectivity index (χ2v) is 11.0. The number of hydrogen-bond acceptors (Lipinski definition) is 8. The summed E-state index contributed by atoms with van der Waals surface area (Å²) in [6, 6.07) is 0. The summed E-state index contributed by atoms with van der Waals surface area (Å²) in [5.74, 6) is -2.34. The Hall–Kier alpha value is 0.780. The maximum Gasteiger partial charge on any atom is 1.00 e. The molecule has 3 unspecified atom stereocenters. The predicted octanol–water partition coefficient (Wildman–Crippen LogP) is -5.49. The summed E-state index contributed by atoms with van der Waals surface area (Å²) in [5.41, 5.74) is -5.93. The van der Waals surface area contributed by atoms with Crippen molar-refractivity contribution in [3.8, 4) is 0 Å². The van der Waals surface area contributed by atoms with E-state index < -0.39 is 60.3 Å². The van der Waals surface area contributed by atoms with E-state index in [2.05, 4.69) is 4.52 Å². The number of halogens is 1. The van der Waals surface area contributed by atoms with Crippen LogP contribution in [0.3, 0.4) is 0 Å². The van der Waals surface area contributed by atoms with E-state index in [1.165, 1.54) is 18.2 Å². The Bertz CT molecular complexity index is 953. The molecular formula is C21H26FNa2O8P. The molecule has 4 aliphatic rings. The largest absolute Gasteiger partial charge is 1.00 e. The molecular weight excluding hydrogens is 476 g/mol. The van der Waals surface area contributed by atoms with Gasteiger partial charge in [-0.25, -0.2) is 4.39 Å². The van der Waals surface area contributed by atoms with Crippen molar-refractivity contribution in [2.24, 2.45) is 22.7 Å². The van der Waals surface area contributed by atoms with Crippen molar-refractivity contribution >= 4 is 19.4 Å². The molecule has 0 aromatic rings. The molecule has 0 amide bonds. The van der Waals surface area contributed by atoms with Gasteiger partial charge < -0.3 is 29.1 Å². The maximum atomic E-state index is 16.9. The number of carbonyl (C=O) groups is 2.